The van der Waals surface area contributed by atoms with E-state index < -0.39 is 0 Å². The van der Waals surface area contributed by atoms with E-state index in [1.54, 1.807) is 12.3 Å². The van der Waals surface area contributed by atoms with Crippen LogP contribution in [0.15, 0.2) is 18.3 Å². The van der Waals surface area contributed by atoms with Gasteiger partial charge in [0.05, 0.1) is 17.1 Å². The lowest BCUT2D eigenvalue weighted by molar-refractivity contribution is 0.170. The number of rotatable bonds is 2. The molecular weight excluding hydrogens is 314 g/mol. The molecule has 25 heavy (non-hydrogen) atoms. The first-order valence-corrected chi connectivity index (χ1v) is 9.15. The van der Waals surface area contributed by atoms with Crippen molar-refractivity contribution in [3.63, 3.8) is 0 Å². The molecule has 1 aromatic heterocycles. The largest absolute Gasteiger partial charge is 0.504 e. The van der Waals surface area contributed by atoms with Gasteiger partial charge in [0.1, 0.15) is 6.61 Å². The fourth-order valence-corrected chi connectivity index (χ4v) is 4.05. The first-order valence-electron chi connectivity index (χ1n) is 9.15. The van der Waals surface area contributed by atoms with Gasteiger partial charge in [-0.15, -0.1) is 0 Å². The monoisotopic (exact) mass is 339 g/mol. The molecule has 1 aliphatic heterocycles. The van der Waals surface area contributed by atoms with Gasteiger partial charge in [0.2, 0.25) is 0 Å². The molecule has 0 spiro atoms. The summed E-state index contributed by atoms with van der Waals surface area (Å²) in [6.45, 7) is 6.24. The highest BCUT2D eigenvalue weighted by atomic mass is 16.5. The summed E-state index contributed by atoms with van der Waals surface area (Å²) in [6, 6.07) is 4.50. The average Bonchev–Trinajstić information content (AvgIpc) is 3.04. The summed E-state index contributed by atoms with van der Waals surface area (Å²) in [4.78, 5) is 11.5. The SMILES string of the molecule is Cc1cnc(C)c(-c2cc(O)c3c(c2)CN(C2CCCC2)CCO3)n1. The Morgan fingerprint density at radius 3 is 2.80 bits per heavy atom. The van der Waals surface area contributed by atoms with Crippen molar-refractivity contribution >= 4 is 0 Å². The molecule has 2 heterocycles. The van der Waals surface area contributed by atoms with E-state index in [1.165, 1.54) is 25.7 Å². The number of hydrogen-bond donors (Lipinski definition) is 1. The lowest BCUT2D eigenvalue weighted by Gasteiger charge is -2.26. The Hall–Kier alpha value is -2.14. The zero-order chi connectivity index (χ0) is 17.4. The molecule has 1 fully saturated rings. The summed E-state index contributed by atoms with van der Waals surface area (Å²) >= 11 is 0. The van der Waals surface area contributed by atoms with E-state index in [2.05, 4.69) is 20.9 Å². The Kier molecular flexibility index (Phi) is 4.34. The molecule has 5 nitrogen and oxygen atoms in total. The van der Waals surface area contributed by atoms with Crippen LogP contribution in [0.25, 0.3) is 11.3 Å². The maximum Gasteiger partial charge on any atom is 0.165 e. The molecule has 0 bridgehead atoms. The van der Waals surface area contributed by atoms with Gasteiger partial charge in [-0.25, -0.2) is 4.98 Å². The zero-order valence-corrected chi connectivity index (χ0v) is 15.0. The normalized spacial score (nSPS) is 18.6. The van der Waals surface area contributed by atoms with Crippen LogP contribution >= 0.6 is 0 Å². The molecule has 2 aromatic rings. The maximum atomic E-state index is 10.5. The molecule has 1 aliphatic carbocycles. The minimum atomic E-state index is 0.198. The summed E-state index contributed by atoms with van der Waals surface area (Å²) < 4.78 is 5.89. The zero-order valence-electron chi connectivity index (χ0n) is 15.0. The molecular formula is C20H25N3O2. The van der Waals surface area contributed by atoms with Crippen molar-refractivity contribution in [1.29, 1.82) is 0 Å². The smallest absolute Gasteiger partial charge is 0.165 e. The van der Waals surface area contributed by atoms with Crippen molar-refractivity contribution < 1.29 is 9.84 Å². The molecule has 132 valence electrons. The number of phenols is 1. The Bertz CT molecular complexity index is 785. The van der Waals surface area contributed by atoms with Crippen LogP contribution in [0.2, 0.25) is 0 Å². The second kappa shape index (κ2) is 6.64. The Labute approximate surface area is 148 Å². The van der Waals surface area contributed by atoms with Gasteiger partial charge in [0, 0.05) is 36.5 Å². The summed E-state index contributed by atoms with van der Waals surface area (Å²) in [5, 5.41) is 10.5. The first kappa shape index (κ1) is 16.3. The van der Waals surface area contributed by atoms with Crippen LogP contribution in [0.1, 0.15) is 42.6 Å². The third-order valence-corrected chi connectivity index (χ3v) is 5.34. The molecule has 1 aromatic carbocycles. The van der Waals surface area contributed by atoms with Gasteiger partial charge < -0.3 is 9.84 Å². The summed E-state index contributed by atoms with van der Waals surface area (Å²) in [5.41, 5.74) is 4.52. The topological polar surface area (TPSA) is 58.5 Å². The third-order valence-electron chi connectivity index (χ3n) is 5.34. The van der Waals surface area contributed by atoms with Gasteiger partial charge in [-0.3, -0.25) is 9.88 Å². The van der Waals surface area contributed by atoms with E-state index in [0.29, 0.717) is 18.4 Å². The maximum absolute atomic E-state index is 10.5. The number of nitrogens with zero attached hydrogens (tertiary/aromatic N) is 3. The predicted octanol–water partition coefficient (Wildman–Crippen LogP) is 3.60. The molecule has 0 amide bonds. The van der Waals surface area contributed by atoms with Gasteiger partial charge in [-0.1, -0.05) is 12.8 Å². The van der Waals surface area contributed by atoms with Crippen molar-refractivity contribution in [3.8, 4) is 22.8 Å². The molecule has 0 saturated heterocycles. The fraction of sp³-hybridized carbons (Fsp3) is 0.500. The number of benzene rings is 1. The minimum Gasteiger partial charge on any atom is -0.504 e. The highest BCUT2D eigenvalue weighted by molar-refractivity contribution is 5.67. The van der Waals surface area contributed by atoms with Crippen LogP contribution < -0.4 is 4.74 Å². The predicted molar refractivity (Wildman–Crippen MR) is 96.8 cm³/mol. The van der Waals surface area contributed by atoms with E-state index in [0.717, 1.165) is 41.3 Å². The number of aromatic nitrogens is 2. The lowest BCUT2D eigenvalue weighted by Crippen LogP contribution is -2.34. The quantitative estimate of drug-likeness (QED) is 0.906. The van der Waals surface area contributed by atoms with Gasteiger partial charge >= 0.3 is 0 Å². The number of hydrogen-bond acceptors (Lipinski definition) is 5. The Morgan fingerprint density at radius 2 is 2.00 bits per heavy atom. The van der Waals surface area contributed by atoms with Gasteiger partial charge in [0.15, 0.2) is 11.5 Å². The molecule has 5 heteroatoms. The summed E-state index contributed by atoms with van der Waals surface area (Å²) in [6.07, 6.45) is 6.94. The van der Waals surface area contributed by atoms with E-state index in [9.17, 15) is 5.11 Å². The molecule has 1 N–H and O–H groups in total. The second-order valence-corrected chi connectivity index (χ2v) is 7.19. The standard InChI is InChI=1S/C20H25N3O2/c1-13-11-21-14(2)19(22-13)15-9-16-12-23(17-5-3-4-6-17)7-8-25-20(16)18(24)10-15/h9-11,17,24H,3-8,12H2,1-2H3. The molecule has 2 aliphatic rings. The van der Waals surface area contributed by atoms with Crippen molar-refractivity contribution in [1.82, 2.24) is 14.9 Å². The van der Waals surface area contributed by atoms with Crippen molar-refractivity contribution in [3.05, 3.63) is 35.3 Å². The highest BCUT2D eigenvalue weighted by Gasteiger charge is 2.27. The van der Waals surface area contributed by atoms with Crippen LogP contribution in [0.5, 0.6) is 11.5 Å². The van der Waals surface area contributed by atoms with E-state index >= 15 is 0 Å². The van der Waals surface area contributed by atoms with Crippen molar-refractivity contribution in [2.75, 3.05) is 13.2 Å². The molecule has 1 saturated carbocycles. The number of fused-ring (bicyclic) bond motifs is 1. The van der Waals surface area contributed by atoms with E-state index in [-0.39, 0.29) is 5.75 Å². The van der Waals surface area contributed by atoms with Crippen LogP contribution in [-0.4, -0.2) is 39.2 Å². The first-order chi connectivity index (χ1) is 12.1. The summed E-state index contributed by atoms with van der Waals surface area (Å²) in [7, 11) is 0. The fourth-order valence-electron chi connectivity index (χ4n) is 4.05. The Balaban J connectivity index is 1.73. The minimum absolute atomic E-state index is 0.198. The molecule has 4 rings (SSSR count). The molecule has 0 radical (unpaired) electrons. The molecule has 0 unspecified atom stereocenters. The average molecular weight is 339 g/mol. The lowest BCUT2D eigenvalue weighted by atomic mass is 10.0. The van der Waals surface area contributed by atoms with Gasteiger partial charge in [-0.2, -0.15) is 0 Å². The van der Waals surface area contributed by atoms with Crippen LogP contribution in [0, 0.1) is 13.8 Å². The number of ether oxygens (including phenoxy) is 1. The second-order valence-electron chi connectivity index (χ2n) is 7.19. The van der Waals surface area contributed by atoms with Crippen LogP contribution in [0.4, 0.5) is 0 Å². The van der Waals surface area contributed by atoms with E-state index in [4.69, 9.17) is 4.74 Å². The number of aryl methyl sites for hydroxylation is 2. The third kappa shape index (κ3) is 3.21. The molecule has 0 atom stereocenters. The van der Waals surface area contributed by atoms with E-state index in [1.807, 2.05) is 13.8 Å². The summed E-state index contributed by atoms with van der Waals surface area (Å²) in [5.74, 6) is 0.825. The number of aromatic hydroxyl groups is 1. The highest BCUT2D eigenvalue weighted by Crippen LogP contribution is 2.39. The van der Waals surface area contributed by atoms with Crippen LogP contribution in [-0.2, 0) is 6.54 Å². The Morgan fingerprint density at radius 1 is 1.20 bits per heavy atom. The van der Waals surface area contributed by atoms with Gasteiger partial charge in [-0.05, 0) is 38.8 Å². The van der Waals surface area contributed by atoms with Crippen molar-refractivity contribution in [2.45, 2.75) is 52.1 Å². The van der Waals surface area contributed by atoms with Crippen molar-refractivity contribution in [2.24, 2.45) is 0 Å². The number of phenolic OH excluding ortho intramolecular Hbond substituents is 1. The van der Waals surface area contributed by atoms with Gasteiger partial charge in [0.25, 0.3) is 0 Å². The van der Waals surface area contributed by atoms with Crippen LogP contribution in [0.3, 0.4) is 0 Å².